The van der Waals surface area contributed by atoms with Gasteiger partial charge in [-0.05, 0) is 65.5 Å². The van der Waals surface area contributed by atoms with Gasteiger partial charge in [-0.25, -0.2) is 13.7 Å². The maximum atomic E-state index is 12.2. The van der Waals surface area contributed by atoms with Gasteiger partial charge in [0.2, 0.25) is 0 Å². The molecule has 6 nitrogen and oxygen atoms in total. The molecule has 1 aliphatic carbocycles. The summed E-state index contributed by atoms with van der Waals surface area (Å²) in [6, 6.07) is 9.91. The fourth-order valence-electron chi connectivity index (χ4n) is 3.57. The van der Waals surface area contributed by atoms with Crippen molar-refractivity contribution in [3.8, 4) is 17.3 Å². The Labute approximate surface area is 193 Å². The standard InChI is InChI=1S/C20H26ClN5OS.C3H6/c1-20(2,3)26-28(27)25-16-9-7-13(8-10-16)18-17(12-22)19(24-23-18)14-5-4-6-15(21)11-14;1-3-2/h4-6,11,13,16,25-26H,7-10H2,1-3H3,(H,23,24);3H,1H2,2H3. The van der Waals surface area contributed by atoms with Crippen LogP contribution in [0.2, 0.25) is 5.02 Å². The van der Waals surface area contributed by atoms with Gasteiger partial charge in [0.1, 0.15) is 17.3 Å². The van der Waals surface area contributed by atoms with Crippen LogP contribution in [0.4, 0.5) is 0 Å². The number of allylic oxidation sites excluding steroid dienone is 1. The number of benzene rings is 1. The number of aromatic amines is 1. The zero-order valence-electron chi connectivity index (χ0n) is 18.7. The Kier molecular flexibility index (Phi) is 9.45. The summed E-state index contributed by atoms with van der Waals surface area (Å²) in [7, 11) is 0. The Hall–Kier alpha value is -1.98. The monoisotopic (exact) mass is 461 g/mol. The van der Waals surface area contributed by atoms with Crippen molar-refractivity contribution < 1.29 is 4.21 Å². The normalized spacial score (nSPS) is 19.6. The smallest absolute Gasteiger partial charge is 0.167 e. The topological polar surface area (TPSA) is 93.6 Å². The van der Waals surface area contributed by atoms with Gasteiger partial charge < -0.3 is 0 Å². The van der Waals surface area contributed by atoms with Crippen LogP contribution in [0.25, 0.3) is 11.3 Å². The predicted molar refractivity (Wildman–Crippen MR) is 129 cm³/mol. The molecule has 0 radical (unpaired) electrons. The molecule has 8 heteroatoms. The largest absolute Gasteiger partial charge is 0.280 e. The summed E-state index contributed by atoms with van der Waals surface area (Å²) in [5.41, 5.74) is 2.77. The number of H-pyrrole nitrogens is 1. The van der Waals surface area contributed by atoms with Crippen molar-refractivity contribution in [2.45, 2.75) is 70.9 Å². The molecule has 1 fully saturated rings. The van der Waals surface area contributed by atoms with Gasteiger partial charge >= 0.3 is 0 Å². The van der Waals surface area contributed by atoms with Crippen molar-refractivity contribution >= 4 is 22.8 Å². The summed E-state index contributed by atoms with van der Waals surface area (Å²) >= 11 is 4.83. The van der Waals surface area contributed by atoms with Gasteiger partial charge in [-0.2, -0.15) is 10.4 Å². The molecule has 1 unspecified atom stereocenters. The number of hydrogen-bond donors (Lipinski definition) is 3. The van der Waals surface area contributed by atoms with E-state index in [0.717, 1.165) is 36.9 Å². The van der Waals surface area contributed by atoms with Crippen molar-refractivity contribution in [1.29, 1.82) is 5.26 Å². The molecule has 168 valence electrons. The SMILES string of the molecule is C=CC.CC(C)(C)NS(=O)NC1CCC(c2[nH]nc(-c3cccc(Cl)c3)c2C#N)CC1. The number of halogens is 1. The summed E-state index contributed by atoms with van der Waals surface area (Å²) in [5.74, 6) is 0.247. The van der Waals surface area contributed by atoms with Crippen molar-refractivity contribution in [2.24, 2.45) is 0 Å². The van der Waals surface area contributed by atoms with Crippen LogP contribution < -0.4 is 9.44 Å². The highest BCUT2D eigenvalue weighted by Crippen LogP contribution is 2.36. The molecule has 1 saturated carbocycles. The minimum absolute atomic E-state index is 0.202. The first kappa shape index (κ1) is 25.3. The molecular formula is C23H32ClN5OS. The van der Waals surface area contributed by atoms with Crippen molar-refractivity contribution in [3.63, 3.8) is 0 Å². The zero-order valence-corrected chi connectivity index (χ0v) is 20.2. The third-order valence-corrected chi connectivity index (χ3v) is 6.39. The van der Waals surface area contributed by atoms with E-state index in [2.05, 4.69) is 32.3 Å². The number of hydrogen-bond acceptors (Lipinski definition) is 3. The average Bonchev–Trinajstić information content (AvgIpc) is 3.12. The van der Waals surface area contributed by atoms with Gasteiger partial charge in [0.25, 0.3) is 0 Å². The van der Waals surface area contributed by atoms with Gasteiger partial charge in [0.05, 0.1) is 5.69 Å². The molecule has 0 aliphatic heterocycles. The molecular weight excluding hydrogens is 430 g/mol. The second-order valence-corrected chi connectivity index (χ2v) is 10.1. The molecule has 1 aliphatic rings. The Bertz CT molecular complexity index is 936. The minimum Gasteiger partial charge on any atom is -0.280 e. The van der Waals surface area contributed by atoms with Crippen LogP contribution >= 0.6 is 11.6 Å². The molecule has 31 heavy (non-hydrogen) atoms. The van der Waals surface area contributed by atoms with Gasteiger partial charge in [-0.1, -0.05) is 29.8 Å². The van der Waals surface area contributed by atoms with E-state index in [1.54, 1.807) is 12.1 Å². The third-order valence-electron chi connectivity index (χ3n) is 4.81. The third kappa shape index (κ3) is 7.58. The van der Waals surface area contributed by atoms with E-state index >= 15 is 0 Å². The minimum atomic E-state index is -1.26. The summed E-state index contributed by atoms with van der Waals surface area (Å²) in [6.07, 6.45) is 5.38. The van der Waals surface area contributed by atoms with E-state index in [0.29, 0.717) is 16.3 Å². The average molecular weight is 462 g/mol. The molecule has 1 heterocycles. The molecule has 0 saturated heterocycles. The number of nitrogens with one attached hydrogen (secondary N) is 3. The second kappa shape index (κ2) is 11.6. The molecule has 1 aromatic carbocycles. The maximum Gasteiger partial charge on any atom is 0.167 e. The van der Waals surface area contributed by atoms with Gasteiger partial charge in [0.15, 0.2) is 11.2 Å². The molecule has 0 amide bonds. The molecule has 3 N–H and O–H groups in total. The van der Waals surface area contributed by atoms with Crippen molar-refractivity contribution in [1.82, 2.24) is 19.6 Å². The second-order valence-electron chi connectivity index (χ2n) is 8.68. The lowest BCUT2D eigenvalue weighted by atomic mass is 9.83. The first-order valence-corrected chi connectivity index (χ1v) is 12.0. The lowest BCUT2D eigenvalue weighted by Gasteiger charge is -2.29. The van der Waals surface area contributed by atoms with E-state index in [1.165, 1.54) is 0 Å². The Balaban J connectivity index is 0.00000107. The Morgan fingerprint density at radius 3 is 2.52 bits per heavy atom. The Morgan fingerprint density at radius 2 is 1.97 bits per heavy atom. The Morgan fingerprint density at radius 1 is 1.32 bits per heavy atom. The predicted octanol–water partition coefficient (Wildman–Crippen LogP) is 5.38. The molecule has 0 spiro atoms. The van der Waals surface area contributed by atoms with Crippen molar-refractivity contribution in [2.75, 3.05) is 0 Å². The van der Waals surface area contributed by atoms with E-state index in [1.807, 2.05) is 45.9 Å². The van der Waals surface area contributed by atoms with Crippen LogP contribution in [0.5, 0.6) is 0 Å². The fraction of sp³-hybridized carbons (Fsp3) is 0.478. The van der Waals surface area contributed by atoms with Crippen LogP contribution in [0.1, 0.15) is 70.6 Å². The highest BCUT2D eigenvalue weighted by atomic mass is 35.5. The summed E-state index contributed by atoms with van der Waals surface area (Å²) < 4.78 is 18.4. The molecule has 0 bridgehead atoms. The number of nitriles is 1. The van der Waals surface area contributed by atoms with Crippen LogP contribution in [0.3, 0.4) is 0 Å². The number of rotatable bonds is 5. The quantitative estimate of drug-likeness (QED) is 0.522. The fourth-order valence-corrected chi connectivity index (χ4v) is 4.91. The molecule has 3 rings (SSSR count). The number of aromatic nitrogens is 2. The van der Waals surface area contributed by atoms with E-state index in [-0.39, 0.29) is 17.5 Å². The maximum absolute atomic E-state index is 12.2. The first-order valence-electron chi connectivity index (χ1n) is 10.5. The van der Waals surface area contributed by atoms with Crippen LogP contribution in [-0.2, 0) is 11.2 Å². The first-order chi connectivity index (χ1) is 14.7. The molecule has 1 aromatic heterocycles. The molecule has 1 atom stereocenters. The van der Waals surface area contributed by atoms with Gasteiger partial charge in [-0.15, -0.1) is 6.58 Å². The van der Waals surface area contributed by atoms with Crippen LogP contribution in [0.15, 0.2) is 36.9 Å². The molecule has 2 aromatic rings. The summed E-state index contributed by atoms with van der Waals surface area (Å²) in [5, 5.41) is 17.8. The van der Waals surface area contributed by atoms with Gasteiger partial charge in [-0.3, -0.25) is 5.10 Å². The van der Waals surface area contributed by atoms with Crippen LogP contribution in [-0.4, -0.2) is 26.0 Å². The highest BCUT2D eigenvalue weighted by Gasteiger charge is 2.28. The van der Waals surface area contributed by atoms with E-state index < -0.39 is 11.2 Å². The van der Waals surface area contributed by atoms with Gasteiger partial charge in [0, 0.05) is 28.1 Å². The van der Waals surface area contributed by atoms with Crippen molar-refractivity contribution in [3.05, 3.63) is 53.2 Å². The highest BCUT2D eigenvalue weighted by molar-refractivity contribution is 7.81. The summed E-state index contributed by atoms with van der Waals surface area (Å²) in [4.78, 5) is 0. The van der Waals surface area contributed by atoms with E-state index in [9.17, 15) is 9.47 Å². The lowest BCUT2D eigenvalue weighted by Crippen LogP contribution is -2.46. The lowest BCUT2D eigenvalue weighted by molar-refractivity contribution is 0.371. The number of nitrogens with zero attached hydrogens (tertiary/aromatic N) is 2. The van der Waals surface area contributed by atoms with Crippen LogP contribution in [0, 0.1) is 11.3 Å². The summed E-state index contributed by atoms with van der Waals surface area (Å²) in [6.45, 7) is 11.2. The van der Waals surface area contributed by atoms with E-state index in [4.69, 9.17) is 11.6 Å². The zero-order chi connectivity index (χ0) is 23.0.